The lowest BCUT2D eigenvalue weighted by molar-refractivity contribution is 0.167. The Morgan fingerprint density at radius 3 is 2.89 bits per heavy atom. The lowest BCUT2D eigenvalue weighted by atomic mass is 10.0. The van der Waals surface area contributed by atoms with Gasteiger partial charge >= 0.3 is 5.69 Å². The highest BCUT2D eigenvalue weighted by atomic mass is 35.5. The maximum absolute atomic E-state index is 14.0. The van der Waals surface area contributed by atoms with Gasteiger partial charge in [0, 0.05) is 47.0 Å². The van der Waals surface area contributed by atoms with Gasteiger partial charge in [0.1, 0.15) is 11.9 Å². The molecule has 1 aromatic carbocycles. The van der Waals surface area contributed by atoms with Crippen molar-refractivity contribution in [3.8, 4) is 16.9 Å². The van der Waals surface area contributed by atoms with Crippen LogP contribution in [0.1, 0.15) is 23.3 Å². The minimum Gasteiger partial charge on any atom is -0.488 e. The quantitative estimate of drug-likeness (QED) is 0.434. The fraction of sp³-hybridized carbons (Fsp3) is 0.320. The van der Waals surface area contributed by atoms with Crippen LogP contribution in [0.25, 0.3) is 21.3 Å². The molecule has 4 heterocycles. The largest absolute Gasteiger partial charge is 0.488 e. The Balaban J connectivity index is 1.60. The summed E-state index contributed by atoms with van der Waals surface area (Å²) in [6.45, 7) is 3.71. The maximum atomic E-state index is 14.0. The van der Waals surface area contributed by atoms with Crippen molar-refractivity contribution in [3.63, 3.8) is 0 Å². The number of pyridine rings is 1. The average Bonchev–Trinajstić information content (AvgIpc) is 3.25. The van der Waals surface area contributed by atoms with Crippen molar-refractivity contribution in [2.75, 3.05) is 13.1 Å². The molecule has 0 saturated carbocycles. The molecule has 0 amide bonds. The van der Waals surface area contributed by atoms with Crippen molar-refractivity contribution in [1.82, 2.24) is 19.4 Å². The molecule has 1 fully saturated rings. The molecule has 1 saturated heterocycles. The van der Waals surface area contributed by atoms with Crippen molar-refractivity contribution in [2.45, 2.75) is 32.4 Å². The second kappa shape index (κ2) is 9.56. The average molecular weight is 515 g/mol. The lowest BCUT2D eigenvalue weighted by Gasteiger charge is -2.26. The number of piperidine rings is 1. The molecule has 4 aromatic rings. The van der Waals surface area contributed by atoms with E-state index in [1.807, 2.05) is 31.2 Å². The molecule has 0 unspecified atom stereocenters. The van der Waals surface area contributed by atoms with Crippen molar-refractivity contribution < 1.29 is 9.13 Å². The SMILES string of the molecule is Cc1cc(Cl)cc(-c2ccnc3cc(Cn4c(=O)c(F)cn(C)c4=O)sc23)c1O[C@H]1CCCNC1. The predicted octanol–water partition coefficient (Wildman–Crippen LogP) is 4.10. The van der Waals surface area contributed by atoms with Crippen LogP contribution in [-0.2, 0) is 13.6 Å². The number of halogens is 2. The number of ether oxygens (including phenoxy) is 1. The summed E-state index contributed by atoms with van der Waals surface area (Å²) in [5.41, 5.74) is 1.89. The molecular weight excluding hydrogens is 491 g/mol. The van der Waals surface area contributed by atoms with Gasteiger partial charge in [-0.05, 0) is 56.1 Å². The van der Waals surface area contributed by atoms with E-state index in [1.165, 1.54) is 18.4 Å². The van der Waals surface area contributed by atoms with Crippen LogP contribution in [0.3, 0.4) is 0 Å². The Hall–Kier alpha value is -3.01. The number of benzene rings is 1. The summed E-state index contributed by atoms with van der Waals surface area (Å²) in [6.07, 6.45) is 4.70. The van der Waals surface area contributed by atoms with E-state index in [4.69, 9.17) is 16.3 Å². The van der Waals surface area contributed by atoms with Gasteiger partial charge in [0.25, 0.3) is 5.56 Å². The summed E-state index contributed by atoms with van der Waals surface area (Å²) >= 11 is 7.86. The van der Waals surface area contributed by atoms with Crippen LogP contribution in [0.4, 0.5) is 4.39 Å². The molecule has 1 atom stereocenters. The summed E-state index contributed by atoms with van der Waals surface area (Å²) in [6, 6.07) is 7.51. The Morgan fingerprint density at radius 2 is 2.11 bits per heavy atom. The zero-order chi connectivity index (χ0) is 24.7. The van der Waals surface area contributed by atoms with E-state index in [2.05, 4.69) is 10.3 Å². The van der Waals surface area contributed by atoms with Crippen LogP contribution in [-0.4, -0.2) is 33.3 Å². The number of hydrogen-bond donors (Lipinski definition) is 1. The number of aryl methyl sites for hydroxylation is 2. The van der Waals surface area contributed by atoms with Gasteiger partial charge < -0.3 is 14.6 Å². The molecule has 1 aliphatic heterocycles. The molecule has 1 N–H and O–H groups in total. The third kappa shape index (κ3) is 4.63. The first-order valence-electron chi connectivity index (χ1n) is 11.3. The van der Waals surface area contributed by atoms with E-state index in [-0.39, 0.29) is 12.6 Å². The van der Waals surface area contributed by atoms with Gasteiger partial charge in [-0.15, -0.1) is 11.3 Å². The Bertz CT molecular complexity index is 1500. The van der Waals surface area contributed by atoms with E-state index in [0.717, 1.165) is 68.4 Å². The number of aromatic nitrogens is 3. The summed E-state index contributed by atoms with van der Waals surface area (Å²) in [7, 11) is 1.41. The van der Waals surface area contributed by atoms with Crippen LogP contribution < -0.4 is 21.3 Å². The lowest BCUT2D eigenvalue weighted by Crippen LogP contribution is -2.40. The topological polar surface area (TPSA) is 78.2 Å². The van der Waals surface area contributed by atoms with E-state index >= 15 is 0 Å². The van der Waals surface area contributed by atoms with E-state index in [0.29, 0.717) is 15.4 Å². The molecule has 5 rings (SSSR count). The number of fused-ring (bicyclic) bond motifs is 1. The highest BCUT2D eigenvalue weighted by molar-refractivity contribution is 7.19. The first-order chi connectivity index (χ1) is 16.8. The van der Waals surface area contributed by atoms with Gasteiger partial charge in [0.15, 0.2) is 0 Å². The highest BCUT2D eigenvalue weighted by Crippen LogP contribution is 2.42. The van der Waals surface area contributed by atoms with Gasteiger partial charge in [-0.1, -0.05) is 11.6 Å². The molecule has 1 aliphatic rings. The third-order valence-corrected chi connectivity index (χ3v) is 7.49. The Kier molecular flexibility index (Phi) is 6.48. The van der Waals surface area contributed by atoms with Gasteiger partial charge in [0.2, 0.25) is 5.82 Å². The molecule has 3 aromatic heterocycles. The highest BCUT2D eigenvalue weighted by Gasteiger charge is 2.21. The number of nitrogens with one attached hydrogen (secondary N) is 1. The van der Waals surface area contributed by atoms with E-state index in [1.54, 1.807) is 6.20 Å². The summed E-state index contributed by atoms with van der Waals surface area (Å²) < 4.78 is 23.3. The predicted molar refractivity (Wildman–Crippen MR) is 136 cm³/mol. The van der Waals surface area contributed by atoms with Crippen molar-refractivity contribution in [3.05, 3.63) is 78.8 Å². The van der Waals surface area contributed by atoms with Crippen LogP contribution in [0.2, 0.25) is 5.02 Å². The monoisotopic (exact) mass is 514 g/mol. The number of rotatable bonds is 5. The van der Waals surface area contributed by atoms with Crippen molar-refractivity contribution in [1.29, 1.82) is 0 Å². The van der Waals surface area contributed by atoms with Gasteiger partial charge in [-0.25, -0.2) is 4.79 Å². The van der Waals surface area contributed by atoms with E-state index < -0.39 is 17.1 Å². The molecule has 182 valence electrons. The Morgan fingerprint density at radius 1 is 1.29 bits per heavy atom. The molecule has 10 heteroatoms. The fourth-order valence-electron chi connectivity index (χ4n) is 4.43. The maximum Gasteiger partial charge on any atom is 0.331 e. The summed E-state index contributed by atoms with van der Waals surface area (Å²) in [4.78, 5) is 29.9. The molecule has 0 spiro atoms. The second-order valence-corrected chi connectivity index (χ2v) is 10.3. The van der Waals surface area contributed by atoms with Crippen LogP contribution in [0, 0.1) is 12.7 Å². The first-order valence-corrected chi connectivity index (χ1v) is 12.5. The number of nitrogens with zero attached hydrogens (tertiary/aromatic N) is 3. The molecule has 7 nitrogen and oxygen atoms in total. The van der Waals surface area contributed by atoms with Crippen molar-refractivity contribution in [2.24, 2.45) is 7.05 Å². The minimum absolute atomic E-state index is 0.0462. The van der Waals surface area contributed by atoms with Gasteiger partial charge in [-0.3, -0.25) is 14.3 Å². The molecule has 0 bridgehead atoms. The summed E-state index contributed by atoms with van der Waals surface area (Å²) in [5.74, 6) is -0.193. The first kappa shape index (κ1) is 23.7. The smallest absolute Gasteiger partial charge is 0.331 e. The van der Waals surface area contributed by atoms with Crippen molar-refractivity contribution >= 4 is 33.2 Å². The summed E-state index contributed by atoms with van der Waals surface area (Å²) in [5, 5.41) is 3.98. The zero-order valence-electron chi connectivity index (χ0n) is 19.3. The van der Waals surface area contributed by atoms with Crippen LogP contribution in [0.5, 0.6) is 5.75 Å². The zero-order valence-corrected chi connectivity index (χ0v) is 20.9. The molecule has 35 heavy (non-hydrogen) atoms. The van der Waals surface area contributed by atoms with Gasteiger partial charge in [-0.2, -0.15) is 4.39 Å². The standard InChI is InChI=1S/C25H24ClFN4O3S/c1-14-8-15(26)9-19(22(14)34-16-4-3-6-28-11-16)18-5-7-29-21-10-17(35-23(18)21)12-31-24(32)20(27)13-30(2)25(31)33/h5,7-10,13,16,28H,3-4,6,11-12H2,1-2H3/t16-/m0/s1. The normalized spacial score (nSPS) is 16.1. The minimum atomic E-state index is -0.972. The molecule has 0 aliphatic carbocycles. The van der Waals surface area contributed by atoms with Crippen LogP contribution >= 0.6 is 22.9 Å². The Labute approximate surface area is 209 Å². The number of thiophene rings is 1. The fourth-order valence-corrected chi connectivity index (χ4v) is 5.84. The van der Waals surface area contributed by atoms with Gasteiger partial charge in [0.05, 0.1) is 16.8 Å². The molecular formula is C25H24ClFN4O3S. The molecule has 0 radical (unpaired) electrons. The third-order valence-electron chi connectivity index (χ3n) is 6.13. The second-order valence-electron chi connectivity index (χ2n) is 8.73. The number of hydrogen-bond acceptors (Lipinski definition) is 6. The van der Waals surface area contributed by atoms with Crippen LogP contribution in [0.15, 0.2) is 46.2 Å². The van der Waals surface area contributed by atoms with E-state index in [9.17, 15) is 14.0 Å².